The predicted molar refractivity (Wildman–Crippen MR) is 99.1 cm³/mol. The summed E-state index contributed by atoms with van der Waals surface area (Å²) in [7, 11) is 0. The van der Waals surface area contributed by atoms with Crippen LogP contribution in [0.15, 0.2) is 48.5 Å². The summed E-state index contributed by atoms with van der Waals surface area (Å²) in [5, 5.41) is 0. The molecule has 2 heterocycles. The Hall–Kier alpha value is -2.17. The summed E-state index contributed by atoms with van der Waals surface area (Å²) in [6.45, 7) is 7.69. The molecule has 1 amide bonds. The lowest BCUT2D eigenvalue weighted by Gasteiger charge is -2.29. The van der Waals surface area contributed by atoms with Crippen LogP contribution in [-0.4, -0.2) is 43.7 Å². The van der Waals surface area contributed by atoms with Gasteiger partial charge in [-0.1, -0.05) is 37.3 Å². The van der Waals surface area contributed by atoms with Crippen LogP contribution in [0.3, 0.4) is 0 Å². The van der Waals surface area contributed by atoms with E-state index < -0.39 is 0 Å². The van der Waals surface area contributed by atoms with E-state index in [4.69, 9.17) is 4.74 Å². The molecule has 25 heavy (non-hydrogen) atoms. The highest BCUT2D eigenvalue weighted by atomic mass is 16.5. The molecule has 1 unspecified atom stereocenters. The molecule has 2 aliphatic rings. The lowest BCUT2D eigenvalue weighted by Crippen LogP contribution is -2.38. The zero-order chi connectivity index (χ0) is 17.2. The number of benzene rings is 2. The SMILES string of the molecule is CC(CN1CCOCC1)c1ccc(N2Cc3ccccc3C2=O)cc1. The van der Waals surface area contributed by atoms with E-state index in [1.165, 1.54) is 5.56 Å². The molecule has 1 atom stereocenters. The summed E-state index contributed by atoms with van der Waals surface area (Å²) < 4.78 is 5.42. The van der Waals surface area contributed by atoms with E-state index >= 15 is 0 Å². The Bertz CT molecular complexity index is 751. The van der Waals surface area contributed by atoms with Gasteiger partial charge in [0.2, 0.25) is 0 Å². The molecular formula is C21H24N2O2. The average molecular weight is 336 g/mol. The van der Waals surface area contributed by atoms with Crippen LogP contribution in [0.25, 0.3) is 0 Å². The van der Waals surface area contributed by atoms with Gasteiger partial charge in [0.25, 0.3) is 5.91 Å². The maximum atomic E-state index is 12.6. The second kappa shape index (κ2) is 6.98. The Morgan fingerprint density at radius 2 is 1.76 bits per heavy atom. The number of hydrogen-bond donors (Lipinski definition) is 0. The first-order valence-electron chi connectivity index (χ1n) is 9.02. The lowest BCUT2D eigenvalue weighted by molar-refractivity contribution is 0.0357. The maximum Gasteiger partial charge on any atom is 0.258 e. The molecule has 2 aliphatic heterocycles. The van der Waals surface area contributed by atoms with E-state index in [0.717, 1.165) is 49.7 Å². The molecule has 2 aromatic rings. The van der Waals surface area contributed by atoms with Gasteiger partial charge in [0.15, 0.2) is 0 Å². The topological polar surface area (TPSA) is 32.8 Å². The highest BCUT2D eigenvalue weighted by Gasteiger charge is 2.27. The molecule has 4 heteroatoms. The summed E-state index contributed by atoms with van der Waals surface area (Å²) >= 11 is 0. The molecule has 0 saturated carbocycles. The van der Waals surface area contributed by atoms with Crippen molar-refractivity contribution < 1.29 is 9.53 Å². The molecule has 1 saturated heterocycles. The van der Waals surface area contributed by atoms with Gasteiger partial charge in [-0.2, -0.15) is 0 Å². The van der Waals surface area contributed by atoms with Crippen molar-refractivity contribution in [3.8, 4) is 0 Å². The maximum absolute atomic E-state index is 12.6. The number of fused-ring (bicyclic) bond motifs is 1. The summed E-state index contributed by atoms with van der Waals surface area (Å²) in [4.78, 5) is 16.9. The minimum atomic E-state index is 0.102. The van der Waals surface area contributed by atoms with Crippen molar-refractivity contribution in [1.29, 1.82) is 0 Å². The molecule has 0 spiro atoms. The Morgan fingerprint density at radius 3 is 2.48 bits per heavy atom. The number of hydrogen-bond acceptors (Lipinski definition) is 3. The van der Waals surface area contributed by atoms with Crippen LogP contribution < -0.4 is 4.90 Å². The van der Waals surface area contributed by atoms with Crippen molar-refractivity contribution in [3.63, 3.8) is 0 Å². The van der Waals surface area contributed by atoms with Crippen molar-refractivity contribution in [3.05, 3.63) is 65.2 Å². The highest BCUT2D eigenvalue weighted by Crippen LogP contribution is 2.29. The number of ether oxygens (including phenoxy) is 1. The van der Waals surface area contributed by atoms with Crippen molar-refractivity contribution >= 4 is 11.6 Å². The summed E-state index contributed by atoms with van der Waals surface area (Å²) in [6, 6.07) is 16.3. The Labute approximate surface area is 149 Å². The van der Waals surface area contributed by atoms with Gasteiger partial charge in [0, 0.05) is 30.9 Å². The van der Waals surface area contributed by atoms with Crippen LogP contribution in [0, 0.1) is 0 Å². The molecule has 1 fully saturated rings. The number of amides is 1. The molecule has 2 aromatic carbocycles. The minimum Gasteiger partial charge on any atom is -0.379 e. The van der Waals surface area contributed by atoms with Crippen LogP contribution in [0.4, 0.5) is 5.69 Å². The summed E-state index contributed by atoms with van der Waals surface area (Å²) in [5.41, 5.74) is 4.23. The Morgan fingerprint density at radius 1 is 1.04 bits per heavy atom. The van der Waals surface area contributed by atoms with Crippen molar-refractivity contribution in [2.45, 2.75) is 19.4 Å². The number of carbonyl (C=O) groups is 1. The standard InChI is InChI=1S/C21H24N2O2/c1-16(14-22-10-12-25-13-11-22)17-6-8-19(9-7-17)23-15-18-4-2-3-5-20(18)21(23)24/h2-9,16H,10-15H2,1H3. The number of rotatable bonds is 4. The monoisotopic (exact) mass is 336 g/mol. The summed E-state index contributed by atoms with van der Waals surface area (Å²) in [6.07, 6.45) is 0. The van der Waals surface area contributed by atoms with Crippen molar-refractivity contribution in [2.24, 2.45) is 0 Å². The van der Waals surface area contributed by atoms with Gasteiger partial charge in [-0.05, 0) is 35.2 Å². The van der Waals surface area contributed by atoms with E-state index in [1.54, 1.807) is 0 Å². The molecule has 0 aromatic heterocycles. The van der Waals surface area contributed by atoms with Crippen LogP contribution in [0.1, 0.15) is 34.3 Å². The first-order chi connectivity index (χ1) is 12.2. The quantitative estimate of drug-likeness (QED) is 0.859. The first-order valence-corrected chi connectivity index (χ1v) is 9.02. The van der Waals surface area contributed by atoms with E-state index in [0.29, 0.717) is 12.5 Å². The summed E-state index contributed by atoms with van der Waals surface area (Å²) in [5.74, 6) is 0.573. The molecule has 130 valence electrons. The largest absolute Gasteiger partial charge is 0.379 e. The van der Waals surface area contributed by atoms with Crippen LogP contribution in [0.5, 0.6) is 0 Å². The van der Waals surface area contributed by atoms with Gasteiger partial charge in [0.05, 0.1) is 19.8 Å². The molecule has 0 bridgehead atoms. The van der Waals surface area contributed by atoms with Crippen LogP contribution in [-0.2, 0) is 11.3 Å². The molecule has 0 N–H and O–H groups in total. The smallest absolute Gasteiger partial charge is 0.258 e. The highest BCUT2D eigenvalue weighted by molar-refractivity contribution is 6.09. The fourth-order valence-electron chi connectivity index (χ4n) is 3.72. The van der Waals surface area contributed by atoms with Crippen molar-refractivity contribution in [1.82, 2.24) is 4.90 Å². The molecule has 0 aliphatic carbocycles. The third-order valence-corrected chi connectivity index (χ3v) is 5.23. The Balaban J connectivity index is 1.45. The minimum absolute atomic E-state index is 0.102. The third-order valence-electron chi connectivity index (χ3n) is 5.23. The Kier molecular flexibility index (Phi) is 4.55. The number of anilines is 1. The fourth-order valence-corrected chi connectivity index (χ4v) is 3.72. The molecular weight excluding hydrogens is 312 g/mol. The zero-order valence-electron chi connectivity index (χ0n) is 14.6. The van der Waals surface area contributed by atoms with E-state index in [9.17, 15) is 4.79 Å². The van der Waals surface area contributed by atoms with Gasteiger partial charge < -0.3 is 9.64 Å². The second-order valence-corrected chi connectivity index (χ2v) is 6.95. The first kappa shape index (κ1) is 16.3. The number of nitrogens with zero attached hydrogens (tertiary/aromatic N) is 2. The second-order valence-electron chi connectivity index (χ2n) is 6.95. The average Bonchev–Trinajstić information content (AvgIpc) is 3.00. The zero-order valence-corrected chi connectivity index (χ0v) is 14.6. The van der Waals surface area contributed by atoms with Gasteiger partial charge >= 0.3 is 0 Å². The van der Waals surface area contributed by atoms with Gasteiger partial charge in [-0.25, -0.2) is 0 Å². The molecule has 4 rings (SSSR count). The normalized spacial score (nSPS) is 19.1. The van der Waals surface area contributed by atoms with Gasteiger partial charge in [-0.3, -0.25) is 9.69 Å². The molecule has 0 radical (unpaired) electrons. The van der Waals surface area contributed by atoms with Crippen LogP contribution >= 0.6 is 0 Å². The predicted octanol–water partition coefficient (Wildman–Crippen LogP) is 3.28. The van der Waals surface area contributed by atoms with Gasteiger partial charge in [0.1, 0.15) is 0 Å². The van der Waals surface area contributed by atoms with Gasteiger partial charge in [-0.15, -0.1) is 0 Å². The molecule has 4 nitrogen and oxygen atoms in total. The van der Waals surface area contributed by atoms with E-state index in [-0.39, 0.29) is 5.91 Å². The third kappa shape index (κ3) is 3.32. The van der Waals surface area contributed by atoms with E-state index in [1.807, 2.05) is 29.2 Å². The fraction of sp³-hybridized carbons (Fsp3) is 0.381. The van der Waals surface area contributed by atoms with E-state index in [2.05, 4.69) is 36.1 Å². The lowest BCUT2D eigenvalue weighted by atomic mass is 10.00. The number of morpholine rings is 1. The number of carbonyl (C=O) groups excluding carboxylic acids is 1. The van der Waals surface area contributed by atoms with Crippen molar-refractivity contribution in [2.75, 3.05) is 37.7 Å². The van der Waals surface area contributed by atoms with Crippen LogP contribution in [0.2, 0.25) is 0 Å².